The largest absolute Gasteiger partial charge is 0.396 e. The summed E-state index contributed by atoms with van der Waals surface area (Å²) in [5.74, 6) is 0.241. The molecule has 1 aliphatic heterocycles. The van der Waals surface area contributed by atoms with Crippen molar-refractivity contribution in [2.24, 2.45) is 5.92 Å². The van der Waals surface area contributed by atoms with Gasteiger partial charge in [-0.1, -0.05) is 11.6 Å². The summed E-state index contributed by atoms with van der Waals surface area (Å²) in [6, 6.07) is 0. The number of halogens is 1. The van der Waals surface area contributed by atoms with E-state index in [-0.39, 0.29) is 23.1 Å². The first-order valence-electron chi connectivity index (χ1n) is 6.98. The van der Waals surface area contributed by atoms with E-state index >= 15 is 0 Å². The van der Waals surface area contributed by atoms with Crippen LogP contribution in [0.4, 0.5) is 5.69 Å². The number of aliphatic hydroxyl groups is 1. The Balaban J connectivity index is 2.35. The van der Waals surface area contributed by atoms with Gasteiger partial charge in [-0.15, -0.1) is 0 Å². The van der Waals surface area contributed by atoms with Gasteiger partial charge in [-0.2, -0.15) is 5.10 Å². The van der Waals surface area contributed by atoms with Gasteiger partial charge < -0.3 is 10.0 Å². The maximum atomic E-state index is 12.3. The topological polar surface area (TPSA) is 58.4 Å². The van der Waals surface area contributed by atoms with Gasteiger partial charge in [-0.25, -0.2) is 4.68 Å². The first kappa shape index (κ1) is 15.3. The summed E-state index contributed by atoms with van der Waals surface area (Å²) >= 11 is 6.25. The lowest BCUT2D eigenvalue weighted by Crippen LogP contribution is -2.40. The summed E-state index contributed by atoms with van der Waals surface area (Å²) in [7, 11) is 0. The number of rotatable bonds is 2. The third-order valence-corrected chi connectivity index (χ3v) is 4.01. The Morgan fingerprint density at radius 2 is 2.20 bits per heavy atom. The van der Waals surface area contributed by atoms with Crippen molar-refractivity contribution in [1.82, 2.24) is 9.78 Å². The van der Waals surface area contributed by atoms with Crippen molar-refractivity contribution < 1.29 is 5.11 Å². The van der Waals surface area contributed by atoms with E-state index in [0.29, 0.717) is 5.69 Å². The van der Waals surface area contributed by atoms with Gasteiger partial charge in [0.1, 0.15) is 5.02 Å². The number of anilines is 1. The van der Waals surface area contributed by atoms with Gasteiger partial charge in [-0.05, 0) is 39.5 Å². The molecule has 1 fully saturated rings. The molecule has 0 aromatic carbocycles. The molecule has 2 rings (SSSR count). The monoisotopic (exact) mass is 299 g/mol. The first-order valence-corrected chi connectivity index (χ1v) is 7.36. The van der Waals surface area contributed by atoms with Gasteiger partial charge in [0.25, 0.3) is 5.56 Å². The summed E-state index contributed by atoms with van der Waals surface area (Å²) in [6.07, 6.45) is 3.66. The lowest BCUT2D eigenvalue weighted by molar-refractivity contribution is 0.208. The lowest BCUT2D eigenvalue weighted by atomic mass is 9.99. The number of hydrogen-bond donors (Lipinski definition) is 1. The fourth-order valence-corrected chi connectivity index (χ4v) is 2.80. The standard InChI is InChI=1S/C14H22ClN3O2/c1-14(2,3)18-13(20)12(15)11(7-16-18)17-6-4-5-10(8-17)9-19/h7,10,19H,4-6,8-9H2,1-3H3/t10-/m1/s1. The molecule has 0 aliphatic carbocycles. The van der Waals surface area contributed by atoms with Crippen molar-refractivity contribution in [2.75, 3.05) is 24.6 Å². The molecule has 0 spiro atoms. The molecular formula is C14H22ClN3O2. The number of piperidine rings is 1. The molecule has 1 aromatic rings. The van der Waals surface area contributed by atoms with Crippen LogP contribution in [0.1, 0.15) is 33.6 Å². The Morgan fingerprint density at radius 1 is 1.50 bits per heavy atom. The number of aliphatic hydroxyl groups excluding tert-OH is 1. The minimum absolute atomic E-state index is 0.167. The Kier molecular flexibility index (Phi) is 4.39. The number of hydrogen-bond acceptors (Lipinski definition) is 4. The predicted molar refractivity (Wildman–Crippen MR) is 80.5 cm³/mol. The SMILES string of the molecule is CC(C)(C)n1ncc(N2CCC[C@@H](CO)C2)c(Cl)c1=O. The molecule has 1 saturated heterocycles. The van der Waals surface area contributed by atoms with E-state index in [0.717, 1.165) is 25.9 Å². The van der Waals surface area contributed by atoms with Gasteiger partial charge in [0.05, 0.1) is 17.4 Å². The molecule has 1 atom stereocenters. The smallest absolute Gasteiger partial charge is 0.288 e. The average Bonchev–Trinajstić information content (AvgIpc) is 2.40. The van der Waals surface area contributed by atoms with Gasteiger partial charge in [0, 0.05) is 19.7 Å². The van der Waals surface area contributed by atoms with Crippen LogP contribution >= 0.6 is 11.6 Å². The summed E-state index contributed by atoms with van der Waals surface area (Å²) in [4.78, 5) is 14.4. The minimum Gasteiger partial charge on any atom is -0.396 e. The van der Waals surface area contributed by atoms with Gasteiger partial charge >= 0.3 is 0 Å². The molecule has 0 saturated carbocycles. The average molecular weight is 300 g/mol. The third kappa shape index (κ3) is 2.99. The summed E-state index contributed by atoms with van der Waals surface area (Å²) in [6.45, 7) is 7.48. The summed E-state index contributed by atoms with van der Waals surface area (Å²) in [5, 5.41) is 13.8. The van der Waals surface area contributed by atoms with Crippen LogP contribution in [0, 0.1) is 5.92 Å². The van der Waals surface area contributed by atoms with Crippen molar-refractivity contribution in [2.45, 2.75) is 39.2 Å². The molecule has 112 valence electrons. The maximum Gasteiger partial charge on any atom is 0.288 e. The van der Waals surface area contributed by atoms with Crippen LogP contribution in [0.2, 0.25) is 5.02 Å². The van der Waals surface area contributed by atoms with Crippen LogP contribution in [0.5, 0.6) is 0 Å². The first-order chi connectivity index (χ1) is 9.34. The van der Waals surface area contributed by atoms with Gasteiger partial charge in [0.2, 0.25) is 0 Å². The molecule has 1 aliphatic rings. The molecular weight excluding hydrogens is 278 g/mol. The van der Waals surface area contributed by atoms with Crippen LogP contribution in [0.3, 0.4) is 0 Å². The normalized spacial score (nSPS) is 20.2. The minimum atomic E-state index is -0.394. The Labute approximate surface area is 124 Å². The van der Waals surface area contributed by atoms with E-state index in [1.165, 1.54) is 4.68 Å². The number of nitrogens with zero attached hydrogens (tertiary/aromatic N) is 3. The molecule has 1 aromatic heterocycles. The van der Waals surface area contributed by atoms with E-state index in [9.17, 15) is 9.90 Å². The highest BCUT2D eigenvalue weighted by Crippen LogP contribution is 2.27. The maximum absolute atomic E-state index is 12.3. The van der Waals surface area contributed by atoms with Gasteiger partial charge in [0.15, 0.2) is 0 Å². The van der Waals surface area contributed by atoms with Gasteiger partial charge in [-0.3, -0.25) is 4.79 Å². The molecule has 6 heteroatoms. The quantitative estimate of drug-likeness (QED) is 0.905. The predicted octanol–water partition coefficient (Wildman–Crippen LogP) is 1.86. The van der Waals surface area contributed by atoms with Crippen LogP contribution in [-0.2, 0) is 5.54 Å². The molecule has 1 N–H and O–H groups in total. The van der Waals surface area contributed by atoms with Crippen molar-refractivity contribution >= 4 is 17.3 Å². The van der Waals surface area contributed by atoms with Crippen molar-refractivity contribution in [1.29, 1.82) is 0 Å². The highest BCUT2D eigenvalue weighted by Gasteiger charge is 2.25. The fraction of sp³-hybridized carbons (Fsp3) is 0.714. The van der Waals surface area contributed by atoms with Crippen LogP contribution in [0.25, 0.3) is 0 Å². The van der Waals surface area contributed by atoms with E-state index in [1.807, 2.05) is 25.7 Å². The Hall–Kier alpha value is -1.07. The highest BCUT2D eigenvalue weighted by molar-refractivity contribution is 6.33. The Bertz CT molecular complexity index is 536. The highest BCUT2D eigenvalue weighted by atomic mass is 35.5. The molecule has 0 bridgehead atoms. The summed E-state index contributed by atoms with van der Waals surface area (Å²) < 4.78 is 1.41. The van der Waals surface area contributed by atoms with Crippen LogP contribution < -0.4 is 10.5 Å². The van der Waals surface area contributed by atoms with Crippen molar-refractivity contribution in [3.63, 3.8) is 0 Å². The van der Waals surface area contributed by atoms with Crippen molar-refractivity contribution in [3.05, 3.63) is 21.6 Å². The molecule has 0 radical (unpaired) electrons. The van der Waals surface area contributed by atoms with E-state index in [2.05, 4.69) is 5.10 Å². The molecule has 20 heavy (non-hydrogen) atoms. The van der Waals surface area contributed by atoms with Crippen LogP contribution in [-0.4, -0.2) is 34.6 Å². The third-order valence-electron chi connectivity index (χ3n) is 3.65. The van der Waals surface area contributed by atoms with E-state index in [4.69, 9.17) is 11.6 Å². The zero-order valence-corrected chi connectivity index (χ0v) is 13.0. The molecule has 5 nitrogen and oxygen atoms in total. The second-order valence-electron chi connectivity index (χ2n) is 6.37. The Morgan fingerprint density at radius 3 is 2.80 bits per heavy atom. The molecule has 0 unspecified atom stereocenters. The lowest BCUT2D eigenvalue weighted by Gasteiger charge is -2.34. The van der Waals surface area contributed by atoms with E-state index in [1.54, 1.807) is 6.20 Å². The second-order valence-corrected chi connectivity index (χ2v) is 6.75. The number of aromatic nitrogens is 2. The zero-order valence-electron chi connectivity index (χ0n) is 12.3. The zero-order chi connectivity index (χ0) is 14.9. The second kappa shape index (κ2) is 5.74. The van der Waals surface area contributed by atoms with Crippen LogP contribution in [0.15, 0.2) is 11.0 Å². The summed E-state index contributed by atoms with van der Waals surface area (Å²) in [5.41, 5.74) is 0.0209. The van der Waals surface area contributed by atoms with Crippen molar-refractivity contribution in [3.8, 4) is 0 Å². The fourth-order valence-electron chi connectivity index (χ4n) is 2.56. The molecule has 0 amide bonds. The van der Waals surface area contributed by atoms with E-state index < -0.39 is 5.54 Å². The molecule has 2 heterocycles.